The fourth-order valence-corrected chi connectivity index (χ4v) is 2.14. The molecule has 0 unspecified atom stereocenters. The molecule has 3 nitrogen and oxygen atoms in total. The first kappa shape index (κ1) is 12.5. The van der Waals surface area contributed by atoms with Crippen LogP contribution in [0.3, 0.4) is 0 Å². The van der Waals surface area contributed by atoms with Crippen molar-refractivity contribution in [3.05, 3.63) is 0 Å². The molecule has 0 atom stereocenters. The number of nitrogens with one attached hydrogen (secondary N) is 1. The molecule has 1 aliphatic rings. The lowest BCUT2D eigenvalue weighted by Gasteiger charge is -2.33. The van der Waals surface area contributed by atoms with Gasteiger partial charge in [-0.05, 0) is 25.2 Å². The maximum atomic E-state index is 11.4. The van der Waals surface area contributed by atoms with Crippen LogP contribution in [0.1, 0.15) is 46.0 Å². The van der Waals surface area contributed by atoms with Gasteiger partial charge in [0, 0.05) is 13.2 Å². The predicted molar refractivity (Wildman–Crippen MR) is 60.7 cm³/mol. The molecule has 0 aromatic rings. The molecule has 1 aliphatic carbocycles. The van der Waals surface area contributed by atoms with Gasteiger partial charge in [-0.15, -0.1) is 0 Å². The highest BCUT2D eigenvalue weighted by atomic mass is 16.5. The van der Waals surface area contributed by atoms with Gasteiger partial charge < -0.3 is 10.1 Å². The standard InChI is InChI=1S/C12H23NO2/c1-3-15-9-11(14)13-10-12(2)7-5-4-6-8-12/h3-10H2,1-2H3,(H,13,14). The van der Waals surface area contributed by atoms with Gasteiger partial charge in [0.15, 0.2) is 0 Å². The Morgan fingerprint density at radius 3 is 2.60 bits per heavy atom. The number of carbonyl (C=O) groups is 1. The molecule has 88 valence electrons. The highest BCUT2D eigenvalue weighted by Gasteiger charge is 2.26. The van der Waals surface area contributed by atoms with Crippen LogP contribution in [-0.2, 0) is 9.53 Å². The number of rotatable bonds is 5. The Bertz CT molecular complexity index is 198. The summed E-state index contributed by atoms with van der Waals surface area (Å²) in [4.78, 5) is 11.4. The van der Waals surface area contributed by atoms with Crippen LogP contribution in [0.2, 0.25) is 0 Å². The predicted octanol–water partition coefficient (Wildman–Crippen LogP) is 2.11. The zero-order chi connectivity index (χ0) is 11.1. The average molecular weight is 213 g/mol. The van der Waals surface area contributed by atoms with Crippen molar-refractivity contribution in [3.63, 3.8) is 0 Å². The maximum absolute atomic E-state index is 11.4. The van der Waals surface area contributed by atoms with Crippen molar-refractivity contribution >= 4 is 5.91 Å². The van der Waals surface area contributed by atoms with Gasteiger partial charge in [-0.25, -0.2) is 0 Å². The molecule has 0 heterocycles. The minimum atomic E-state index is 0.0173. The highest BCUT2D eigenvalue weighted by Crippen LogP contribution is 2.34. The Kier molecular flexibility index (Phi) is 5.09. The number of carbonyl (C=O) groups excluding carboxylic acids is 1. The third-order valence-corrected chi connectivity index (χ3v) is 3.21. The summed E-state index contributed by atoms with van der Waals surface area (Å²) in [5.74, 6) is 0.0173. The van der Waals surface area contributed by atoms with E-state index in [0.717, 1.165) is 6.54 Å². The van der Waals surface area contributed by atoms with E-state index in [1.807, 2.05) is 6.92 Å². The Hall–Kier alpha value is -0.570. The second kappa shape index (κ2) is 6.11. The molecule has 1 amide bonds. The summed E-state index contributed by atoms with van der Waals surface area (Å²) in [6.07, 6.45) is 6.43. The van der Waals surface area contributed by atoms with Crippen molar-refractivity contribution in [2.45, 2.75) is 46.0 Å². The molecule has 3 heteroatoms. The van der Waals surface area contributed by atoms with Gasteiger partial charge in [0.1, 0.15) is 6.61 Å². The quantitative estimate of drug-likeness (QED) is 0.759. The number of amides is 1. The van der Waals surface area contributed by atoms with Crippen LogP contribution in [0.15, 0.2) is 0 Å². The minimum absolute atomic E-state index is 0.0173. The van der Waals surface area contributed by atoms with E-state index in [1.54, 1.807) is 0 Å². The van der Waals surface area contributed by atoms with E-state index in [-0.39, 0.29) is 12.5 Å². The smallest absolute Gasteiger partial charge is 0.246 e. The lowest BCUT2D eigenvalue weighted by Crippen LogP contribution is -2.38. The van der Waals surface area contributed by atoms with E-state index in [9.17, 15) is 4.79 Å². The van der Waals surface area contributed by atoms with Gasteiger partial charge >= 0.3 is 0 Å². The molecule has 0 aliphatic heterocycles. The van der Waals surface area contributed by atoms with Gasteiger partial charge in [-0.3, -0.25) is 4.79 Å². The van der Waals surface area contributed by atoms with Gasteiger partial charge in [0.2, 0.25) is 5.91 Å². The molecular weight excluding hydrogens is 190 g/mol. The van der Waals surface area contributed by atoms with Crippen LogP contribution in [-0.4, -0.2) is 25.7 Å². The van der Waals surface area contributed by atoms with Crippen molar-refractivity contribution < 1.29 is 9.53 Å². The van der Waals surface area contributed by atoms with Crippen LogP contribution < -0.4 is 5.32 Å². The van der Waals surface area contributed by atoms with Crippen molar-refractivity contribution in [1.29, 1.82) is 0 Å². The van der Waals surface area contributed by atoms with Gasteiger partial charge in [-0.1, -0.05) is 26.2 Å². The van der Waals surface area contributed by atoms with Gasteiger partial charge in [0.05, 0.1) is 0 Å². The fraction of sp³-hybridized carbons (Fsp3) is 0.917. The summed E-state index contributed by atoms with van der Waals surface area (Å²) in [7, 11) is 0. The zero-order valence-electron chi connectivity index (χ0n) is 9.97. The first-order chi connectivity index (χ1) is 7.16. The normalized spacial score (nSPS) is 19.9. The maximum Gasteiger partial charge on any atom is 0.246 e. The molecule has 1 N–H and O–H groups in total. The van der Waals surface area contributed by atoms with Crippen molar-refractivity contribution in [3.8, 4) is 0 Å². The topological polar surface area (TPSA) is 38.3 Å². The largest absolute Gasteiger partial charge is 0.372 e. The molecule has 0 aromatic carbocycles. The number of ether oxygens (including phenoxy) is 1. The van der Waals surface area contributed by atoms with Crippen molar-refractivity contribution in [2.75, 3.05) is 19.8 Å². The van der Waals surface area contributed by atoms with Crippen LogP contribution in [0.5, 0.6) is 0 Å². The summed E-state index contributed by atoms with van der Waals surface area (Å²) >= 11 is 0. The lowest BCUT2D eigenvalue weighted by molar-refractivity contribution is -0.126. The molecule has 1 fully saturated rings. The lowest BCUT2D eigenvalue weighted by atomic mass is 9.76. The average Bonchev–Trinajstić information content (AvgIpc) is 2.25. The van der Waals surface area contributed by atoms with E-state index < -0.39 is 0 Å². The number of hydrogen-bond acceptors (Lipinski definition) is 2. The molecule has 0 aromatic heterocycles. The van der Waals surface area contributed by atoms with E-state index in [1.165, 1.54) is 32.1 Å². The fourth-order valence-electron chi connectivity index (χ4n) is 2.14. The first-order valence-corrected chi connectivity index (χ1v) is 6.01. The summed E-state index contributed by atoms with van der Waals surface area (Å²) in [6, 6.07) is 0. The van der Waals surface area contributed by atoms with Crippen LogP contribution in [0.4, 0.5) is 0 Å². The molecule has 0 bridgehead atoms. The van der Waals surface area contributed by atoms with Crippen molar-refractivity contribution in [1.82, 2.24) is 5.32 Å². The molecular formula is C12H23NO2. The molecule has 1 saturated carbocycles. The van der Waals surface area contributed by atoms with E-state index >= 15 is 0 Å². The summed E-state index contributed by atoms with van der Waals surface area (Å²) < 4.78 is 5.06. The summed E-state index contributed by atoms with van der Waals surface area (Å²) in [6.45, 7) is 5.78. The molecule has 0 saturated heterocycles. The van der Waals surface area contributed by atoms with E-state index in [0.29, 0.717) is 12.0 Å². The highest BCUT2D eigenvalue weighted by molar-refractivity contribution is 5.77. The Morgan fingerprint density at radius 2 is 2.00 bits per heavy atom. The SMILES string of the molecule is CCOCC(=O)NCC1(C)CCCCC1. The molecule has 1 rings (SSSR count). The Morgan fingerprint density at radius 1 is 1.33 bits per heavy atom. The summed E-state index contributed by atoms with van der Waals surface area (Å²) in [5.41, 5.74) is 0.320. The van der Waals surface area contributed by atoms with Gasteiger partial charge in [-0.2, -0.15) is 0 Å². The minimum Gasteiger partial charge on any atom is -0.372 e. The Balaban J connectivity index is 2.19. The second-order valence-corrected chi connectivity index (χ2v) is 4.79. The van der Waals surface area contributed by atoms with Crippen molar-refractivity contribution in [2.24, 2.45) is 5.41 Å². The van der Waals surface area contributed by atoms with Crippen LogP contribution in [0, 0.1) is 5.41 Å². The van der Waals surface area contributed by atoms with Crippen LogP contribution in [0.25, 0.3) is 0 Å². The molecule has 0 spiro atoms. The third kappa shape index (κ3) is 4.65. The molecule has 15 heavy (non-hydrogen) atoms. The summed E-state index contributed by atoms with van der Waals surface area (Å²) in [5, 5.41) is 2.96. The zero-order valence-corrected chi connectivity index (χ0v) is 9.97. The molecule has 0 radical (unpaired) electrons. The third-order valence-electron chi connectivity index (χ3n) is 3.21. The van der Waals surface area contributed by atoms with Gasteiger partial charge in [0.25, 0.3) is 0 Å². The van der Waals surface area contributed by atoms with E-state index in [2.05, 4.69) is 12.2 Å². The second-order valence-electron chi connectivity index (χ2n) is 4.79. The van der Waals surface area contributed by atoms with E-state index in [4.69, 9.17) is 4.74 Å². The number of hydrogen-bond donors (Lipinski definition) is 1. The monoisotopic (exact) mass is 213 g/mol. The van der Waals surface area contributed by atoms with Crippen LogP contribution >= 0.6 is 0 Å². The Labute approximate surface area is 92.6 Å². The first-order valence-electron chi connectivity index (χ1n) is 6.01.